The lowest BCUT2D eigenvalue weighted by Gasteiger charge is -2.20. The lowest BCUT2D eigenvalue weighted by molar-refractivity contribution is -0.152. The molecule has 0 spiro atoms. The van der Waals surface area contributed by atoms with E-state index in [4.69, 9.17) is 0 Å². The highest BCUT2D eigenvalue weighted by molar-refractivity contribution is 5.98. The Kier molecular flexibility index (Phi) is 6.37. The minimum atomic E-state index is -0.880. The molecule has 0 aliphatic carbocycles. The third-order valence-electron chi connectivity index (χ3n) is 2.55. The largest absolute Gasteiger partial charge is 0.469 e. The van der Waals surface area contributed by atoms with Crippen LogP contribution in [0.25, 0.3) is 0 Å². The smallest absolute Gasteiger partial charge is 0.316 e. The minimum absolute atomic E-state index is 0.0480. The van der Waals surface area contributed by atoms with Crippen molar-refractivity contribution < 1.29 is 23.9 Å². The van der Waals surface area contributed by atoms with Crippen LogP contribution in [0.2, 0.25) is 0 Å². The first-order chi connectivity index (χ1) is 7.47. The molecule has 2 atom stereocenters. The van der Waals surface area contributed by atoms with Gasteiger partial charge in [0.25, 0.3) is 0 Å². The molecule has 5 nitrogen and oxygen atoms in total. The van der Waals surface area contributed by atoms with E-state index in [1.807, 2.05) is 6.92 Å². The zero-order chi connectivity index (χ0) is 12.7. The summed E-state index contributed by atoms with van der Waals surface area (Å²) in [7, 11) is 2.50. The Balaban J connectivity index is 4.78. The highest BCUT2D eigenvalue weighted by Crippen LogP contribution is 2.22. The minimum Gasteiger partial charge on any atom is -0.469 e. The molecule has 0 aromatic heterocycles. The monoisotopic (exact) mass is 230 g/mol. The topological polar surface area (TPSA) is 69.7 Å². The molecule has 0 fully saturated rings. The van der Waals surface area contributed by atoms with Gasteiger partial charge in [-0.1, -0.05) is 13.3 Å². The molecule has 0 aromatic carbocycles. The summed E-state index contributed by atoms with van der Waals surface area (Å²) in [6.45, 7) is 3.13. The van der Waals surface area contributed by atoms with Gasteiger partial charge in [-0.2, -0.15) is 0 Å². The van der Waals surface area contributed by atoms with Crippen molar-refractivity contribution in [1.29, 1.82) is 0 Å². The lowest BCUT2D eigenvalue weighted by atomic mass is 9.85. The van der Waals surface area contributed by atoms with E-state index in [2.05, 4.69) is 9.47 Å². The molecule has 0 aliphatic heterocycles. The van der Waals surface area contributed by atoms with Gasteiger partial charge in [0.05, 0.1) is 14.2 Å². The fourth-order valence-corrected chi connectivity index (χ4v) is 1.61. The second-order valence-corrected chi connectivity index (χ2v) is 3.56. The molecule has 0 aromatic rings. The molecule has 0 saturated carbocycles. The predicted molar refractivity (Wildman–Crippen MR) is 56.6 cm³/mol. The van der Waals surface area contributed by atoms with Gasteiger partial charge in [-0.3, -0.25) is 14.4 Å². The zero-order valence-corrected chi connectivity index (χ0v) is 10.1. The van der Waals surface area contributed by atoms with Gasteiger partial charge >= 0.3 is 11.9 Å². The number of carbonyl (C=O) groups excluding carboxylic acids is 3. The Morgan fingerprint density at radius 1 is 1.12 bits per heavy atom. The van der Waals surface area contributed by atoms with E-state index in [0.717, 1.165) is 0 Å². The van der Waals surface area contributed by atoms with Crippen LogP contribution in [0.15, 0.2) is 0 Å². The van der Waals surface area contributed by atoms with Crippen LogP contribution in [-0.2, 0) is 23.9 Å². The number of carbonyl (C=O) groups is 3. The highest BCUT2D eigenvalue weighted by Gasteiger charge is 2.33. The van der Waals surface area contributed by atoms with Gasteiger partial charge < -0.3 is 9.47 Å². The summed E-state index contributed by atoms with van der Waals surface area (Å²) >= 11 is 0. The number of Topliss-reactive ketones (excluding diaryl/α,β-unsaturated/α-hetero) is 1. The average molecular weight is 230 g/mol. The Morgan fingerprint density at radius 2 is 1.69 bits per heavy atom. The molecular weight excluding hydrogens is 212 g/mol. The summed E-state index contributed by atoms with van der Waals surface area (Å²) in [5, 5.41) is 0. The van der Waals surface area contributed by atoms with Crippen LogP contribution in [0, 0.1) is 11.8 Å². The van der Waals surface area contributed by atoms with E-state index in [9.17, 15) is 14.4 Å². The molecule has 0 rings (SSSR count). The number of rotatable bonds is 6. The van der Waals surface area contributed by atoms with Crippen LogP contribution < -0.4 is 0 Å². The van der Waals surface area contributed by atoms with Crippen molar-refractivity contribution in [3.63, 3.8) is 0 Å². The average Bonchev–Trinajstić information content (AvgIpc) is 2.26. The Morgan fingerprint density at radius 3 is 2.00 bits per heavy atom. The molecule has 0 aliphatic rings. The molecule has 2 unspecified atom stereocenters. The molecule has 0 heterocycles. The molecule has 0 N–H and O–H groups in total. The van der Waals surface area contributed by atoms with Gasteiger partial charge in [0.2, 0.25) is 0 Å². The second-order valence-electron chi connectivity index (χ2n) is 3.56. The Labute approximate surface area is 95.1 Å². The van der Waals surface area contributed by atoms with E-state index in [1.54, 1.807) is 0 Å². The maximum absolute atomic E-state index is 11.4. The zero-order valence-electron chi connectivity index (χ0n) is 10.1. The predicted octanol–water partition coefficient (Wildman–Crippen LogP) is 0.954. The van der Waals surface area contributed by atoms with Crippen molar-refractivity contribution in [2.75, 3.05) is 14.2 Å². The van der Waals surface area contributed by atoms with Crippen LogP contribution in [-0.4, -0.2) is 31.9 Å². The molecule has 5 heteroatoms. The second kappa shape index (κ2) is 6.98. The first-order valence-electron chi connectivity index (χ1n) is 5.12. The number of ether oxygens (including phenoxy) is 2. The summed E-state index contributed by atoms with van der Waals surface area (Å²) < 4.78 is 9.08. The van der Waals surface area contributed by atoms with E-state index in [-0.39, 0.29) is 18.1 Å². The van der Waals surface area contributed by atoms with Crippen molar-refractivity contribution >= 4 is 17.7 Å². The quantitative estimate of drug-likeness (QED) is 0.502. The van der Waals surface area contributed by atoms with Gasteiger partial charge in [-0.25, -0.2) is 0 Å². The number of hydrogen-bond donors (Lipinski definition) is 0. The first-order valence-corrected chi connectivity index (χ1v) is 5.12. The maximum Gasteiger partial charge on any atom is 0.316 e. The van der Waals surface area contributed by atoms with E-state index >= 15 is 0 Å². The molecular formula is C11H18O5. The Hall–Kier alpha value is -1.39. The van der Waals surface area contributed by atoms with Crippen molar-refractivity contribution in [3.8, 4) is 0 Å². The van der Waals surface area contributed by atoms with Crippen LogP contribution in [0.4, 0.5) is 0 Å². The molecule has 92 valence electrons. The summed E-state index contributed by atoms with van der Waals surface area (Å²) in [4.78, 5) is 33.9. The third kappa shape index (κ3) is 4.00. The van der Waals surface area contributed by atoms with E-state index in [0.29, 0.717) is 6.42 Å². The summed E-state index contributed by atoms with van der Waals surface area (Å²) in [6.07, 6.45) is 0.584. The fourth-order valence-electron chi connectivity index (χ4n) is 1.61. The van der Waals surface area contributed by atoms with E-state index < -0.39 is 17.9 Å². The number of esters is 2. The summed E-state index contributed by atoms with van der Waals surface area (Å²) in [5.41, 5.74) is 0. The summed E-state index contributed by atoms with van der Waals surface area (Å²) in [6, 6.07) is 0. The van der Waals surface area contributed by atoms with Gasteiger partial charge in [0, 0.05) is 6.42 Å². The van der Waals surface area contributed by atoms with Gasteiger partial charge in [0.15, 0.2) is 0 Å². The van der Waals surface area contributed by atoms with Crippen LogP contribution in [0.3, 0.4) is 0 Å². The number of ketones is 1. The van der Waals surface area contributed by atoms with Crippen LogP contribution in [0.1, 0.15) is 26.7 Å². The first kappa shape index (κ1) is 14.6. The molecule has 0 radical (unpaired) electrons. The molecule has 0 saturated heterocycles. The lowest BCUT2D eigenvalue weighted by Crippen LogP contribution is -2.32. The van der Waals surface area contributed by atoms with Gasteiger partial charge in [-0.05, 0) is 12.8 Å². The third-order valence-corrected chi connectivity index (χ3v) is 2.55. The molecule has 16 heavy (non-hydrogen) atoms. The van der Waals surface area contributed by atoms with Crippen molar-refractivity contribution in [3.05, 3.63) is 0 Å². The standard InChI is InChI=1S/C11H18O5/c1-5-8(6-9(13)15-3)10(7(2)12)11(14)16-4/h8,10H,5-6H2,1-4H3. The van der Waals surface area contributed by atoms with Gasteiger partial charge in [0.1, 0.15) is 11.7 Å². The normalized spacial score (nSPS) is 13.8. The molecule has 0 amide bonds. The van der Waals surface area contributed by atoms with Crippen LogP contribution >= 0.6 is 0 Å². The van der Waals surface area contributed by atoms with Crippen LogP contribution in [0.5, 0.6) is 0 Å². The van der Waals surface area contributed by atoms with Crippen molar-refractivity contribution in [1.82, 2.24) is 0 Å². The fraction of sp³-hybridized carbons (Fsp3) is 0.727. The number of methoxy groups -OCH3 is 2. The maximum atomic E-state index is 11.4. The highest BCUT2D eigenvalue weighted by atomic mass is 16.5. The SMILES string of the molecule is CCC(CC(=O)OC)C(C(C)=O)C(=O)OC. The number of hydrogen-bond acceptors (Lipinski definition) is 5. The molecule has 0 bridgehead atoms. The summed E-state index contributed by atoms with van der Waals surface area (Å²) in [5.74, 6) is -2.56. The van der Waals surface area contributed by atoms with E-state index in [1.165, 1.54) is 21.1 Å². The van der Waals surface area contributed by atoms with Crippen molar-refractivity contribution in [2.45, 2.75) is 26.7 Å². The van der Waals surface area contributed by atoms with Crippen molar-refractivity contribution in [2.24, 2.45) is 11.8 Å². The van der Waals surface area contributed by atoms with Gasteiger partial charge in [-0.15, -0.1) is 0 Å². The Bertz CT molecular complexity index is 272.